The molecule has 1 aliphatic rings. The first-order chi connectivity index (χ1) is 9.37. The van der Waals surface area contributed by atoms with Crippen LogP contribution in [0.25, 0.3) is 0 Å². The van der Waals surface area contributed by atoms with Gasteiger partial charge >= 0.3 is 0 Å². The minimum absolute atomic E-state index is 0.107. The topological polar surface area (TPSA) is 63.4 Å². The van der Waals surface area contributed by atoms with Gasteiger partial charge in [-0.3, -0.25) is 0 Å². The van der Waals surface area contributed by atoms with Crippen molar-refractivity contribution in [2.75, 3.05) is 0 Å². The lowest BCUT2D eigenvalue weighted by atomic mass is 10.0. The zero-order chi connectivity index (χ0) is 14.9. The van der Waals surface area contributed by atoms with Crippen LogP contribution in [0.1, 0.15) is 38.7 Å². The van der Waals surface area contributed by atoms with Crippen molar-refractivity contribution in [1.82, 2.24) is 4.31 Å². The lowest BCUT2D eigenvalue weighted by molar-refractivity contribution is 0.203. The number of piperidine rings is 1. The smallest absolute Gasteiger partial charge is 0.246 e. The number of nitrogens with zero attached hydrogens (tertiary/aromatic N) is 1. The molecular weight excluding hydrogens is 279 g/mol. The molecule has 0 aliphatic carbocycles. The normalized spacial score (nSPS) is 24.8. The van der Waals surface area contributed by atoms with E-state index in [1.807, 2.05) is 13.8 Å². The largest absolute Gasteiger partial charge is 0.326 e. The molecule has 0 aromatic heterocycles. The van der Waals surface area contributed by atoms with Gasteiger partial charge in [-0.05, 0) is 44.4 Å². The Balaban J connectivity index is 2.49. The van der Waals surface area contributed by atoms with Crippen molar-refractivity contribution >= 4 is 10.0 Å². The molecule has 0 radical (unpaired) electrons. The highest BCUT2D eigenvalue weighted by Crippen LogP contribution is 2.30. The van der Waals surface area contributed by atoms with Crippen LogP contribution in [0.5, 0.6) is 0 Å². The second-order valence-electron chi connectivity index (χ2n) is 5.43. The first-order valence-electron chi connectivity index (χ1n) is 6.90. The van der Waals surface area contributed by atoms with E-state index in [1.165, 1.54) is 22.5 Å². The number of benzene rings is 1. The molecule has 1 saturated heterocycles. The summed E-state index contributed by atoms with van der Waals surface area (Å²) in [5.41, 5.74) is 6.13. The van der Waals surface area contributed by atoms with Gasteiger partial charge in [0.2, 0.25) is 10.0 Å². The summed E-state index contributed by atoms with van der Waals surface area (Å²) in [6.07, 6.45) is 2.61. The summed E-state index contributed by atoms with van der Waals surface area (Å²) in [5, 5.41) is 0. The van der Waals surface area contributed by atoms with E-state index in [4.69, 9.17) is 5.73 Å². The molecule has 2 rings (SSSR count). The standard InChI is InChI=1S/C14H21FN2O2S/c1-10-4-3-5-11(2)17(10)20(18,19)14-8-12(9-16)6-7-13(14)15/h6-8,10-11H,3-5,9,16H2,1-2H3/t10-,11+. The minimum atomic E-state index is -3.82. The Labute approximate surface area is 119 Å². The fourth-order valence-corrected chi connectivity index (χ4v) is 4.86. The second kappa shape index (κ2) is 5.79. The summed E-state index contributed by atoms with van der Waals surface area (Å²) in [4.78, 5) is -0.263. The molecule has 1 fully saturated rings. The third kappa shape index (κ3) is 2.73. The molecule has 0 spiro atoms. The van der Waals surface area contributed by atoms with Gasteiger partial charge in [0.05, 0.1) is 0 Å². The van der Waals surface area contributed by atoms with Crippen molar-refractivity contribution in [3.05, 3.63) is 29.6 Å². The number of hydrogen-bond acceptors (Lipinski definition) is 3. The van der Waals surface area contributed by atoms with Crippen LogP contribution < -0.4 is 5.73 Å². The average molecular weight is 300 g/mol. The molecule has 112 valence electrons. The van der Waals surface area contributed by atoms with Gasteiger partial charge in [-0.25, -0.2) is 12.8 Å². The summed E-state index contributed by atoms with van der Waals surface area (Å²) >= 11 is 0. The molecule has 6 heteroatoms. The second-order valence-corrected chi connectivity index (χ2v) is 7.24. The lowest BCUT2D eigenvalue weighted by Crippen LogP contribution is -2.47. The number of hydrogen-bond donors (Lipinski definition) is 1. The van der Waals surface area contributed by atoms with Crippen LogP contribution in [0, 0.1) is 5.82 Å². The van der Waals surface area contributed by atoms with Crippen molar-refractivity contribution in [2.45, 2.75) is 56.6 Å². The van der Waals surface area contributed by atoms with Gasteiger partial charge < -0.3 is 5.73 Å². The van der Waals surface area contributed by atoms with Crippen molar-refractivity contribution < 1.29 is 12.8 Å². The predicted molar refractivity (Wildman–Crippen MR) is 76.1 cm³/mol. The first kappa shape index (κ1) is 15.4. The Bertz CT molecular complexity index is 579. The molecular formula is C14H21FN2O2S. The highest BCUT2D eigenvalue weighted by Gasteiger charge is 2.37. The van der Waals surface area contributed by atoms with Gasteiger partial charge in [-0.1, -0.05) is 12.5 Å². The molecule has 1 heterocycles. The van der Waals surface area contributed by atoms with Crippen LogP contribution in [0.4, 0.5) is 4.39 Å². The Morgan fingerprint density at radius 1 is 1.30 bits per heavy atom. The first-order valence-corrected chi connectivity index (χ1v) is 8.34. The van der Waals surface area contributed by atoms with E-state index in [2.05, 4.69) is 0 Å². The fourth-order valence-electron chi connectivity index (χ4n) is 2.86. The van der Waals surface area contributed by atoms with Crippen LogP contribution >= 0.6 is 0 Å². The number of sulfonamides is 1. The summed E-state index contributed by atoms with van der Waals surface area (Å²) in [7, 11) is -3.82. The van der Waals surface area contributed by atoms with E-state index in [0.717, 1.165) is 19.3 Å². The number of rotatable bonds is 3. The maximum Gasteiger partial charge on any atom is 0.246 e. The van der Waals surface area contributed by atoms with E-state index >= 15 is 0 Å². The van der Waals surface area contributed by atoms with Crippen molar-refractivity contribution in [3.8, 4) is 0 Å². The van der Waals surface area contributed by atoms with Gasteiger partial charge in [0.1, 0.15) is 10.7 Å². The van der Waals surface area contributed by atoms with Crippen LogP contribution in [0.15, 0.2) is 23.1 Å². The maximum absolute atomic E-state index is 14.0. The molecule has 1 aromatic carbocycles. The van der Waals surface area contributed by atoms with Crippen LogP contribution in [-0.4, -0.2) is 24.8 Å². The van der Waals surface area contributed by atoms with E-state index in [0.29, 0.717) is 5.56 Å². The Morgan fingerprint density at radius 2 is 1.90 bits per heavy atom. The van der Waals surface area contributed by atoms with Crippen molar-refractivity contribution in [1.29, 1.82) is 0 Å². The molecule has 2 atom stereocenters. The molecule has 2 N–H and O–H groups in total. The molecule has 1 aliphatic heterocycles. The van der Waals surface area contributed by atoms with E-state index in [9.17, 15) is 12.8 Å². The molecule has 0 bridgehead atoms. The summed E-state index contributed by atoms with van der Waals surface area (Å²) in [5.74, 6) is -0.716. The Kier molecular flexibility index (Phi) is 4.46. The van der Waals surface area contributed by atoms with Crippen molar-refractivity contribution in [3.63, 3.8) is 0 Å². The summed E-state index contributed by atoms with van der Waals surface area (Å²) in [6.45, 7) is 3.93. The summed E-state index contributed by atoms with van der Waals surface area (Å²) in [6, 6.07) is 3.82. The maximum atomic E-state index is 14.0. The highest BCUT2D eigenvalue weighted by molar-refractivity contribution is 7.89. The number of halogens is 1. The van der Waals surface area contributed by atoms with E-state index in [1.54, 1.807) is 0 Å². The zero-order valence-electron chi connectivity index (χ0n) is 11.8. The van der Waals surface area contributed by atoms with E-state index in [-0.39, 0.29) is 23.5 Å². The molecule has 0 amide bonds. The van der Waals surface area contributed by atoms with Gasteiger partial charge in [0.25, 0.3) is 0 Å². The average Bonchev–Trinajstić information content (AvgIpc) is 2.38. The van der Waals surface area contributed by atoms with Crippen LogP contribution in [0.2, 0.25) is 0 Å². The molecule has 20 heavy (non-hydrogen) atoms. The molecule has 1 aromatic rings. The Hall–Kier alpha value is -0.980. The van der Waals surface area contributed by atoms with Crippen LogP contribution in [-0.2, 0) is 16.6 Å². The third-order valence-electron chi connectivity index (χ3n) is 3.90. The third-order valence-corrected chi connectivity index (χ3v) is 6.04. The quantitative estimate of drug-likeness (QED) is 0.931. The van der Waals surface area contributed by atoms with Crippen LogP contribution in [0.3, 0.4) is 0 Å². The molecule has 0 saturated carbocycles. The number of nitrogens with two attached hydrogens (primary N) is 1. The van der Waals surface area contributed by atoms with Gasteiger partial charge in [0.15, 0.2) is 0 Å². The monoisotopic (exact) mass is 300 g/mol. The molecule has 4 nitrogen and oxygen atoms in total. The summed E-state index contributed by atoms with van der Waals surface area (Å²) < 4.78 is 40.9. The Morgan fingerprint density at radius 3 is 2.45 bits per heavy atom. The van der Waals surface area contributed by atoms with Gasteiger partial charge in [-0.2, -0.15) is 4.31 Å². The van der Waals surface area contributed by atoms with Crippen molar-refractivity contribution in [2.24, 2.45) is 5.73 Å². The predicted octanol–water partition coefficient (Wildman–Crippen LogP) is 2.24. The minimum Gasteiger partial charge on any atom is -0.326 e. The lowest BCUT2D eigenvalue weighted by Gasteiger charge is -2.37. The van der Waals surface area contributed by atoms with Gasteiger partial charge in [-0.15, -0.1) is 0 Å². The molecule has 0 unspecified atom stereocenters. The zero-order valence-corrected chi connectivity index (χ0v) is 12.7. The van der Waals surface area contributed by atoms with Gasteiger partial charge in [0, 0.05) is 18.6 Å². The SMILES string of the molecule is C[C@@H]1CCC[C@H](C)N1S(=O)(=O)c1cc(CN)ccc1F. The fraction of sp³-hybridized carbons (Fsp3) is 0.571. The highest BCUT2D eigenvalue weighted by atomic mass is 32.2. The van der Waals surface area contributed by atoms with E-state index < -0.39 is 15.8 Å².